The third-order valence-electron chi connectivity index (χ3n) is 4.68. The van der Waals surface area contributed by atoms with Gasteiger partial charge in [-0.25, -0.2) is 4.98 Å². The highest BCUT2D eigenvalue weighted by Gasteiger charge is 2.28. The van der Waals surface area contributed by atoms with Crippen LogP contribution in [0.1, 0.15) is 35.0 Å². The van der Waals surface area contributed by atoms with Gasteiger partial charge in [-0.1, -0.05) is 42.5 Å². The van der Waals surface area contributed by atoms with E-state index in [-0.39, 0.29) is 6.10 Å². The molecule has 1 aliphatic rings. The van der Waals surface area contributed by atoms with E-state index < -0.39 is 0 Å². The molecule has 0 saturated carbocycles. The Kier molecular flexibility index (Phi) is 3.96. The van der Waals surface area contributed by atoms with Crippen molar-refractivity contribution in [3.8, 4) is 5.75 Å². The molecule has 0 bridgehead atoms. The number of hydrogen-bond acceptors (Lipinski definition) is 3. The minimum Gasteiger partial charge on any atom is -0.483 e. The van der Waals surface area contributed by atoms with Gasteiger partial charge in [0.25, 0.3) is 0 Å². The van der Waals surface area contributed by atoms with E-state index >= 15 is 0 Å². The highest BCUT2D eigenvalue weighted by molar-refractivity contribution is 7.80. The minimum absolute atomic E-state index is 0.0529. The molecule has 1 N–H and O–H groups in total. The molecule has 1 aromatic heterocycles. The molecule has 0 saturated heterocycles. The van der Waals surface area contributed by atoms with E-state index in [2.05, 4.69) is 40.3 Å². The molecule has 4 nitrogen and oxygen atoms in total. The van der Waals surface area contributed by atoms with Gasteiger partial charge in [-0.05, 0) is 31.4 Å². The van der Waals surface area contributed by atoms with Crippen molar-refractivity contribution in [2.75, 3.05) is 14.1 Å². The molecule has 4 rings (SSSR count). The van der Waals surface area contributed by atoms with Crippen LogP contribution in [0.2, 0.25) is 0 Å². The number of H-pyrrole nitrogens is 1. The molecule has 0 radical (unpaired) electrons. The molecule has 0 spiro atoms. The summed E-state index contributed by atoms with van der Waals surface area (Å²) in [7, 11) is 3.96. The summed E-state index contributed by atoms with van der Waals surface area (Å²) in [5.41, 5.74) is 5.32. The van der Waals surface area contributed by atoms with Crippen molar-refractivity contribution in [1.29, 1.82) is 0 Å². The highest BCUT2D eigenvalue weighted by Crippen LogP contribution is 2.41. The van der Waals surface area contributed by atoms with E-state index in [1.54, 1.807) is 0 Å². The van der Waals surface area contributed by atoms with Crippen LogP contribution >= 0.6 is 12.2 Å². The number of aromatic nitrogens is 2. The van der Waals surface area contributed by atoms with E-state index in [4.69, 9.17) is 17.0 Å². The molecule has 2 aromatic carbocycles. The van der Waals surface area contributed by atoms with Gasteiger partial charge >= 0.3 is 0 Å². The van der Waals surface area contributed by atoms with Crippen molar-refractivity contribution in [3.63, 3.8) is 0 Å². The largest absolute Gasteiger partial charge is 0.483 e. The van der Waals surface area contributed by atoms with Gasteiger partial charge in [-0.3, -0.25) is 0 Å². The topological polar surface area (TPSA) is 41.2 Å². The second-order valence-corrected chi connectivity index (χ2v) is 7.09. The number of benzene rings is 2. The number of thiocarbonyl (C=S) groups is 1. The van der Waals surface area contributed by atoms with Crippen molar-refractivity contribution >= 4 is 28.2 Å². The number of fused-ring (bicyclic) bond motifs is 3. The number of aryl methyl sites for hydroxylation is 1. The van der Waals surface area contributed by atoms with Crippen LogP contribution in [0.4, 0.5) is 0 Å². The first-order valence-electron chi connectivity index (χ1n) is 8.50. The second-order valence-electron chi connectivity index (χ2n) is 6.71. The van der Waals surface area contributed by atoms with Crippen LogP contribution < -0.4 is 4.74 Å². The summed E-state index contributed by atoms with van der Waals surface area (Å²) >= 11 is 5.66. The smallest absolute Gasteiger partial charge is 0.151 e. The van der Waals surface area contributed by atoms with E-state index in [0.29, 0.717) is 0 Å². The Hall–Kier alpha value is -2.40. The van der Waals surface area contributed by atoms with Gasteiger partial charge in [-0.15, -0.1) is 0 Å². The highest BCUT2D eigenvalue weighted by atomic mass is 32.1. The standard InChI is InChI=1S/C20H21N3OS/c1-12-21-16-11-15(20(25)23(2)3)14-9-10-17(13-7-5-4-6-8-13)24-19(14)18(16)22-12/h4-8,11,17H,9-10H2,1-3H3,(H,21,22)/t17-/m0/s1. The lowest BCUT2D eigenvalue weighted by molar-refractivity contribution is 0.179. The Morgan fingerprint density at radius 3 is 2.76 bits per heavy atom. The maximum atomic E-state index is 6.45. The SMILES string of the molecule is Cc1nc2c3c(c(C(=S)N(C)C)cc2[nH]1)CC[C@@H](c1ccccc1)O3. The fourth-order valence-corrected chi connectivity index (χ4v) is 3.65. The van der Waals surface area contributed by atoms with Gasteiger partial charge in [0, 0.05) is 25.2 Å². The Balaban J connectivity index is 1.86. The summed E-state index contributed by atoms with van der Waals surface area (Å²) in [5, 5.41) is 0. The molecule has 1 atom stereocenters. The van der Waals surface area contributed by atoms with Crippen molar-refractivity contribution in [2.24, 2.45) is 0 Å². The van der Waals surface area contributed by atoms with Crippen LogP contribution in [0.5, 0.6) is 5.75 Å². The Bertz CT molecular complexity index is 946. The van der Waals surface area contributed by atoms with E-state index in [9.17, 15) is 0 Å². The van der Waals surface area contributed by atoms with Crippen molar-refractivity contribution in [1.82, 2.24) is 14.9 Å². The number of nitrogens with zero attached hydrogens (tertiary/aromatic N) is 2. The van der Waals surface area contributed by atoms with Crippen molar-refractivity contribution in [3.05, 3.63) is 58.9 Å². The molecular formula is C20H21N3OS. The lowest BCUT2D eigenvalue weighted by Gasteiger charge is -2.29. The van der Waals surface area contributed by atoms with Crippen LogP contribution in [0, 0.1) is 6.92 Å². The second kappa shape index (κ2) is 6.15. The molecular weight excluding hydrogens is 330 g/mol. The van der Waals surface area contributed by atoms with Crippen LogP contribution in [0.3, 0.4) is 0 Å². The fourth-order valence-electron chi connectivity index (χ4n) is 3.47. The molecule has 3 aromatic rings. The van der Waals surface area contributed by atoms with Gasteiger partial charge in [0.05, 0.1) is 5.52 Å². The first kappa shape index (κ1) is 16.1. The summed E-state index contributed by atoms with van der Waals surface area (Å²) in [6.45, 7) is 1.97. The maximum Gasteiger partial charge on any atom is 0.151 e. The molecule has 1 aliphatic heterocycles. The molecule has 0 fully saturated rings. The normalized spacial score (nSPS) is 16.4. The maximum absolute atomic E-state index is 6.45. The number of hydrogen-bond donors (Lipinski definition) is 1. The number of aromatic amines is 1. The third kappa shape index (κ3) is 2.78. The lowest BCUT2D eigenvalue weighted by atomic mass is 9.93. The van der Waals surface area contributed by atoms with Crippen LogP contribution in [0.15, 0.2) is 36.4 Å². The number of nitrogens with one attached hydrogen (secondary N) is 1. The predicted molar refractivity (Wildman–Crippen MR) is 104 cm³/mol. The Morgan fingerprint density at radius 2 is 2.04 bits per heavy atom. The van der Waals surface area contributed by atoms with Gasteiger partial charge in [0.15, 0.2) is 5.75 Å². The zero-order valence-electron chi connectivity index (χ0n) is 14.7. The fraction of sp³-hybridized carbons (Fsp3) is 0.300. The Morgan fingerprint density at radius 1 is 1.28 bits per heavy atom. The molecule has 128 valence electrons. The number of imidazole rings is 1. The van der Waals surface area contributed by atoms with Gasteiger partial charge < -0.3 is 14.6 Å². The molecule has 0 unspecified atom stereocenters. The van der Waals surface area contributed by atoms with Crippen LogP contribution in [-0.4, -0.2) is 34.0 Å². The van der Waals surface area contributed by atoms with Crippen molar-refractivity contribution < 1.29 is 4.74 Å². The monoisotopic (exact) mass is 351 g/mol. The molecule has 2 heterocycles. The average molecular weight is 351 g/mol. The first-order chi connectivity index (χ1) is 12.0. The first-order valence-corrected chi connectivity index (χ1v) is 8.91. The quantitative estimate of drug-likeness (QED) is 0.704. The van der Waals surface area contributed by atoms with Crippen LogP contribution in [0.25, 0.3) is 11.0 Å². The minimum atomic E-state index is 0.0529. The zero-order chi connectivity index (χ0) is 17.6. The molecule has 0 aliphatic carbocycles. The predicted octanol–water partition coefficient (Wildman–Crippen LogP) is 4.17. The average Bonchev–Trinajstić information content (AvgIpc) is 3.01. The van der Waals surface area contributed by atoms with Gasteiger partial charge in [0.2, 0.25) is 0 Å². The summed E-state index contributed by atoms with van der Waals surface area (Å²) in [6.07, 6.45) is 1.92. The van der Waals surface area contributed by atoms with E-state index in [1.165, 1.54) is 11.1 Å². The van der Waals surface area contributed by atoms with Crippen LogP contribution in [-0.2, 0) is 6.42 Å². The van der Waals surface area contributed by atoms with Gasteiger partial charge in [-0.2, -0.15) is 0 Å². The molecule has 0 amide bonds. The lowest BCUT2D eigenvalue weighted by Crippen LogP contribution is -2.24. The van der Waals surface area contributed by atoms with E-state index in [0.717, 1.165) is 46.0 Å². The number of ether oxygens (including phenoxy) is 1. The Labute approximate surface area is 152 Å². The summed E-state index contributed by atoms with van der Waals surface area (Å²) in [5.74, 6) is 1.76. The third-order valence-corrected chi connectivity index (χ3v) is 5.26. The summed E-state index contributed by atoms with van der Waals surface area (Å²) < 4.78 is 6.45. The van der Waals surface area contributed by atoms with Gasteiger partial charge in [0.1, 0.15) is 22.4 Å². The van der Waals surface area contributed by atoms with Crippen molar-refractivity contribution in [2.45, 2.75) is 25.9 Å². The molecule has 5 heteroatoms. The molecule has 25 heavy (non-hydrogen) atoms. The summed E-state index contributed by atoms with van der Waals surface area (Å²) in [4.78, 5) is 10.8. The zero-order valence-corrected chi connectivity index (χ0v) is 15.5. The number of rotatable bonds is 2. The van der Waals surface area contributed by atoms with E-state index in [1.807, 2.05) is 32.0 Å². The summed E-state index contributed by atoms with van der Waals surface area (Å²) in [6, 6.07) is 12.5.